The number of methoxy groups -OCH3 is 1. The van der Waals surface area contributed by atoms with Crippen molar-refractivity contribution in [2.45, 2.75) is 25.8 Å². The average molecular weight is 381 g/mol. The number of amides is 1. The molecule has 3 rings (SSSR count). The fourth-order valence-electron chi connectivity index (χ4n) is 2.93. The molecule has 0 fully saturated rings. The summed E-state index contributed by atoms with van der Waals surface area (Å²) in [7, 11) is 1.62. The normalized spacial score (nSPS) is 13.0. The van der Waals surface area contributed by atoms with E-state index in [0.29, 0.717) is 5.76 Å². The van der Waals surface area contributed by atoms with Crippen LogP contribution < -0.4 is 10.1 Å². The van der Waals surface area contributed by atoms with E-state index in [1.54, 1.807) is 39.4 Å². The molecule has 6 nitrogen and oxygen atoms in total. The fourth-order valence-corrected chi connectivity index (χ4v) is 2.93. The fraction of sp³-hybridized carbons (Fsp3) is 0.273. The van der Waals surface area contributed by atoms with Crippen molar-refractivity contribution in [3.8, 4) is 5.75 Å². The van der Waals surface area contributed by atoms with Crippen LogP contribution in [0.1, 0.15) is 37.1 Å². The number of hydrogen-bond acceptors (Lipinski definition) is 5. The van der Waals surface area contributed by atoms with Crippen molar-refractivity contribution in [1.82, 2.24) is 5.32 Å². The molecule has 0 radical (unpaired) electrons. The van der Waals surface area contributed by atoms with Gasteiger partial charge in [-0.3, -0.25) is 9.59 Å². The van der Waals surface area contributed by atoms with Crippen LogP contribution in [0.2, 0.25) is 0 Å². The minimum Gasteiger partial charge on any atom is -0.497 e. The Labute approximate surface area is 163 Å². The first-order valence-corrected chi connectivity index (χ1v) is 9.05. The van der Waals surface area contributed by atoms with Crippen LogP contribution in [-0.4, -0.2) is 25.6 Å². The number of hydrogen-bond donors (Lipinski definition) is 1. The smallest absolute Gasteiger partial charge is 0.313 e. The van der Waals surface area contributed by atoms with E-state index in [1.807, 2.05) is 36.4 Å². The predicted octanol–water partition coefficient (Wildman–Crippen LogP) is 3.97. The summed E-state index contributed by atoms with van der Waals surface area (Å²) in [5.74, 6) is 0.105. The number of carbonyl (C=O) groups excluding carboxylic acids is 2. The van der Waals surface area contributed by atoms with Gasteiger partial charge in [0.25, 0.3) is 5.91 Å². The quantitative estimate of drug-likeness (QED) is 0.627. The minimum absolute atomic E-state index is 0.295. The highest BCUT2D eigenvalue weighted by Crippen LogP contribution is 2.25. The standard InChI is InChI=1S/C22H23NO5/c1-14(16-6-7-18-12-19(26-3)9-8-17(18)11-16)22(25)28-13-21(24)23-15(2)20-5-4-10-27-20/h4-12,14-15H,13H2,1-3H3,(H,23,24)/t14-,15+/m0/s1. The van der Waals surface area contributed by atoms with Crippen molar-refractivity contribution < 1.29 is 23.5 Å². The molecule has 0 bridgehead atoms. The van der Waals surface area contributed by atoms with Gasteiger partial charge in [-0.1, -0.05) is 24.3 Å². The first-order chi connectivity index (χ1) is 13.5. The third-order valence-electron chi connectivity index (χ3n) is 4.62. The van der Waals surface area contributed by atoms with Gasteiger partial charge in [0.1, 0.15) is 11.5 Å². The number of benzene rings is 2. The first kappa shape index (κ1) is 19.5. The lowest BCUT2D eigenvalue weighted by Crippen LogP contribution is -2.31. The molecule has 28 heavy (non-hydrogen) atoms. The highest BCUT2D eigenvalue weighted by atomic mass is 16.5. The summed E-state index contributed by atoms with van der Waals surface area (Å²) in [4.78, 5) is 24.4. The molecule has 2 atom stereocenters. The Hall–Kier alpha value is -3.28. The first-order valence-electron chi connectivity index (χ1n) is 9.05. The van der Waals surface area contributed by atoms with Gasteiger partial charge in [-0.2, -0.15) is 0 Å². The summed E-state index contributed by atoms with van der Waals surface area (Å²) >= 11 is 0. The van der Waals surface area contributed by atoms with Gasteiger partial charge in [-0.15, -0.1) is 0 Å². The van der Waals surface area contributed by atoms with Crippen LogP contribution in [-0.2, 0) is 14.3 Å². The second kappa shape index (κ2) is 8.61. The Morgan fingerprint density at radius 3 is 2.54 bits per heavy atom. The van der Waals surface area contributed by atoms with Crippen molar-refractivity contribution in [3.05, 3.63) is 66.1 Å². The SMILES string of the molecule is COc1ccc2cc([C@H](C)C(=O)OCC(=O)N[C@H](C)c3ccco3)ccc2c1. The molecular weight excluding hydrogens is 358 g/mol. The Balaban J connectivity index is 1.58. The number of esters is 1. The summed E-state index contributed by atoms with van der Waals surface area (Å²) in [6.07, 6.45) is 1.54. The third-order valence-corrected chi connectivity index (χ3v) is 4.62. The molecule has 6 heteroatoms. The van der Waals surface area contributed by atoms with Crippen LogP contribution in [0, 0.1) is 0 Å². The topological polar surface area (TPSA) is 77.8 Å². The number of nitrogens with one attached hydrogen (secondary N) is 1. The lowest BCUT2D eigenvalue weighted by molar-refractivity contribution is -0.149. The molecule has 0 saturated carbocycles. The zero-order chi connectivity index (χ0) is 20.1. The Bertz CT molecular complexity index is 964. The van der Waals surface area contributed by atoms with Gasteiger partial charge in [0.15, 0.2) is 6.61 Å². The molecule has 1 amide bonds. The van der Waals surface area contributed by atoms with Gasteiger partial charge in [-0.25, -0.2) is 0 Å². The zero-order valence-electron chi connectivity index (χ0n) is 16.1. The van der Waals surface area contributed by atoms with Crippen LogP contribution in [0.4, 0.5) is 0 Å². The van der Waals surface area contributed by atoms with Crippen molar-refractivity contribution >= 4 is 22.6 Å². The molecule has 0 aliphatic carbocycles. The van der Waals surface area contributed by atoms with Crippen molar-refractivity contribution in [3.63, 3.8) is 0 Å². The molecule has 2 aromatic carbocycles. The minimum atomic E-state index is -0.484. The third kappa shape index (κ3) is 4.52. The van der Waals surface area contributed by atoms with E-state index in [2.05, 4.69) is 5.32 Å². The lowest BCUT2D eigenvalue weighted by Gasteiger charge is -2.14. The molecule has 146 valence electrons. The molecule has 0 spiro atoms. The highest BCUT2D eigenvalue weighted by Gasteiger charge is 2.19. The molecule has 1 N–H and O–H groups in total. The van der Waals surface area contributed by atoms with Gasteiger partial charge in [0, 0.05) is 0 Å². The number of ether oxygens (including phenoxy) is 2. The second-order valence-corrected chi connectivity index (χ2v) is 6.61. The zero-order valence-corrected chi connectivity index (χ0v) is 16.1. The maximum absolute atomic E-state index is 12.4. The maximum atomic E-state index is 12.4. The summed E-state index contributed by atoms with van der Waals surface area (Å²) < 4.78 is 15.6. The second-order valence-electron chi connectivity index (χ2n) is 6.61. The number of fused-ring (bicyclic) bond motifs is 1. The van der Waals surface area contributed by atoms with Crippen molar-refractivity contribution in [2.75, 3.05) is 13.7 Å². The molecule has 0 unspecified atom stereocenters. The highest BCUT2D eigenvalue weighted by molar-refractivity contribution is 5.87. The molecule has 0 aliphatic rings. The van der Waals surface area contributed by atoms with Gasteiger partial charge in [-0.05, 0) is 54.4 Å². The maximum Gasteiger partial charge on any atom is 0.313 e. The van der Waals surface area contributed by atoms with Crippen molar-refractivity contribution in [2.24, 2.45) is 0 Å². The molecule has 0 saturated heterocycles. The molecule has 0 aliphatic heterocycles. The van der Waals surface area contributed by atoms with Crippen LogP contribution in [0.15, 0.2) is 59.2 Å². The number of furan rings is 1. The van der Waals surface area contributed by atoms with Gasteiger partial charge in [0.05, 0.1) is 25.3 Å². The Morgan fingerprint density at radius 2 is 1.82 bits per heavy atom. The van der Waals surface area contributed by atoms with E-state index in [-0.39, 0.29) is 18.6 Å². The average Bonchev–Trinajstić information content (AvgIpc) is 3.25. The summed E-state index contributed by atoms with van der Waals surface area (Å²) in [6, 6.07) is 14.7. The Kier molecular flexibility index (Phi) is 5.99. The van der Waals surface area contributed by atoms with Crippen LogP contribution in [0.25, 0.3) is 10.8 Å². The van der Waals surface area contributed by atoms with Gasteiger partial charge in [0.2, 0.25) is 0 Å². The Morgan fingerprint density at radius 1 is 1.07 bits per heavy atom. The van der Waals surface area contributed by atoms with E-state index in [0.717, 1.165) is 22.1 Å². The van der Waals surface area contributed by atoms with E-state index in [1.165, 1.54) is 0 Å². The van der Waals surface area contributed by atoms with E-state index >= 15 is 0 Å². The summed E-state index contributed by atoms with van der Waals surface area (Å²) in [6.45, 7) is 3.22. The molecular formula is C22H23NO5. The van der Waals surface area contributed by atoms with Crippen LogP contribution >= 0.6 is 0 Å². The van der Waals surface area contributed by atoms with Crippen molar-refractivity contribution in [1.29, 1.82) is 0 Å². The van der Waals surface area contributed by atoms with Crippen LogP contribution in [0.3, 0.4) is 0 Å². The summed E-state index contributed by atoms with van der Waals surface area (Å²) in [5.41, 5.74) is 0.826. The van der Waals surface area contributed by atoms with Crippen LogP contribution in [0.5, 0.6) is 5.75 Å². The van der Waals surface area contributed by atoms with E-state index in [9.17, 15) is 9.59 Å². The lowest BCUT2D eigenvalue weighted by atomic mass is 9.98. The number of rotatable bonds is 7. The van der Waals surface area contributed by atoms with E-state index < -0.39 is 11.9 Å². The van der Waals surface area contributed by atoms with Gasteiger partial charge < -0.3 is 19.2 Å². The molecule has 1 aromatic heterocycles. The largest absolute Gasteiger partial charge is 0.497 e. The molecule has 3 aromatic rings. The number of carbonyl (C=O) groups is 2. The molecule has 1 heterocycles. The monoisotopic (exact) mass is 381 g/mol. The van der Waals surface area contributed by atoms with E-state index in [4.69, 9.17) is 13.9 Å². The predicted molar refractivity (Wildman–Crippen MR) is 105 cm³/mol. The van der Waals surface area contributed by atoms with Gasteiger partial charge >= 0.3 is 5.97 Å². The summed E-state index contributed by atoms with van der Waals surface area (Å²) in [5, 5.41) is 4.76.